The zero-order valence-corrected chi connectivity index (χ0v) is 19.9. The zero-order valence-electron chi connectivity index (χ0n) is 17.2. The molecule has 0 saturated carbocycles. The number of phosphoric acid groups is 3. The molecular weight excluding hydrogens is 557 g/mol. The van der Waals surface area contributed by atoms with Crippen molar-refractivity contribution in [3.05, 3.63) is 34.6 Å². The number of anilines is 1. The van der Waals surface area contributed by atoms with Crippen LogP contribution in [0.25, 0.3) is 16.0 Å². The molecule has 0 bridgehead atoms. The lowest BCUT2D eigenvalue weighted by molar-refractivity contribution is -0.129. The Morgan fingerprint density at radius 3 is 2.47 bits per heavy atom. The summed E-state index contributed by atoms with van der Waals surface area (Å²) in [5.41, 5.74) is 9.17. The van der Waals surface area contributed by atoms with Gasteiger partial charge in [-0.3, -0.25) is 4.52 Å². The number of nitrogen functional groups attached to an aromatic ring is 1. The summed E-state index contributed by atoms with van der Waals surface area (Å²) in [6.45, 7) is -1.51. The highest BCUT2D eigenvalue weighted by Gasteiger charge is 2.65. The molecule has 8 N–H and O–H groups in total. The second-order valence-corrected chi connectivity index (χ2v) is 11.3. The van der Waals surface area contributed by atoms with Gasteiger partial charge in [-0.05, 0) is 17.7 Å². The lowest BCUT2D eigenvalue weighted by Gasteiger charge is -2.28. The third-order valence-corrected chi connectivity index (χ3v) is 8.39. The standard InChI is InChI=1S/C12H15N8O13P3/c13-3-11(7-2-1-6-10(14)16-5-17-20(6)7)8(21)9(22)12(31-11,18-19-15)4-30-35(26,27)33-36(28,29)32-34(23,24)25/h1-2,5,8-9,21-22H,4H2,(H,26,27)(H,28,29)(H2,14,16,17)(H2,23,24,25)/t8-,9+,11+,12?/m1/s1. The molecule has 0 aromatic carbocycles. The summed E-state index contributed by atoms with van der Waals surface area (Å²) >= 11 is 0. The number of aliphatic hydroxyl groups excluding tert-OH is 2. The van der Waals surface area contributed by atoms with E-state index in [1.54, 1.807) is 6.07 Å². The van der Waals surface area contributed by atoms with Crippen molar-refractivity contribution in [2.24, 2.45) is 5.11 Å². The molecule has 196 valence electrons. The minimum atomic E-state index is -5.90. The minimum Gasteiger partial charge on any atom is -0.387 e. The number of aromatic nitrogens is 3. The Morgan fingerprint density at radius 2 is 1.89 bits per heavy atom. The van der Waals surface area contributed by atoms with Gasteiger partial charge in [-0.1, -0.05) is 5.11 Å². The summed E-state index contributed by atoms with van der Waals surface area (Å²) in [6.07, 6.45) is -3.58. The number of rotatable bonds is 9. The molecule has 3 heterocycles. The van der Waals surface area contributed by atoms with Crippen LogP contribution < -0.4 is 5.73 Å². The third-order valence-electron chi connectivity index (χ3n) is 4.61. The van der Waals surface area contributed by atoms with Crippen LogP contribution in [0.15, 0.2) is 23.6 Å². The molecular formula is C12H15N8O13P3. The average molecular weight is 572 g/mol. The van der Waals surface area contributed by atoms with Crippen LogP contribution in [0, 0.1) is 11.3 Å². The van der Waals surface area contributed by atoms with E-state index in [9.17, 15) is 39.0 Å². The van der Waals surface area contributed by atoms with Crippen LogP contribution in [-0.2, 0) is 37.2 Å². The predicted molar refractivity (Wildman–Crippen MR) is 109 cm³/mol. The van der Waals surface area contributed by atoms with Gasteiger partial charge < -0.3 is 40.3 Å². The fourth-order valence-electron chi connectivity index (χ4n) is 3.23. The number of phosphoric ester groups is 1. The van der Waals surface area contributed by atoms with Gasteiger partial charge >= 0.3 is 23.5 Å². The van der Waals surface area contributed by atoms with Gasteiger partial charge in [0.05, 0.1) is 12.3 Å². The normalized spacial score (nSPS) is 29.7. The molecule has 2 aromatic heterocycles. The highest BCUT2D eigenvalue weighted by atomic mass is 31.3. The molecule has 3 rings (SSSR count). The molecule has 21 nitrogen and oxygen atoms in total. The Balaban J connectivity index is 1.97. The van der Waals surface area contributed by atoms with E-state index in [2.05, 4.69) is 33.3 Å². The van der Waals surface area contributed by atoms with Crippen molar-refractivity contribution >= 4 is 34.8 Å². The van der Waals surface area contributed by atoms with Crippen LogP contribution in [0.1, 0.15) is 5.69 Å². The predicted octanol–water partition coefficient (Wildman–Crippen LogP) is -0.868. The Kier molecular flexibility index (Phi) is 7.36. The molecule has 24 heteroatoms. The van der Waals surface area contributed by atoms with E-state index in [-0.39, 0.29) is 17.0 Å². The van der Waals surface area contributed by atoms with E-state index < -0.39 is 53.6 Å². The van der Waals surface area contributed by atoms with Gasteiger partial charge in [0.15, 0.2) is 5.82 Å². The molecule has 1 fully saturated rings. The fourth-order valence-corrected chi connectivity index (χ4v) is 6.27. The summed E-state index contributed by atoms with van der Waals surface area (Å²) in [6, 6.07) is 4.13. The van der Waals surface area contributed by atoms with Crippen molar-refractivity contribution in [1.82, 2.24) is 14.6 Å². The molecule has 1 saturated heterocycles. The molecule has 1 aliphatic heterocycles. The van der Waals surface area contributed by atoms with Crippen molar-refractivity contribution in [2.75, 3.05) is 12.3 Å². The number of azide groups is 1. The number of nitrogens with two attached hydrogens (primary N) is 1. The highest BCUT2D eigenvalue weighted by molar-refractivity contribution is 7.66. The second-order valence-electron chi connectivity index (χ2n) is 6.90. The van der Waals surface area contributed by atoms with Gasteiger partial charge in [0, 0.05) is 4.91 Å². The van der Waals surface area contributed by atoms with Crippen molar-refractivity contribution < 1.29 is 61.4 Å². The Hall–Kier alpha value is -2.49. The van der Waals surface area contributed by atoms with E-state index in [1.807, 2.05) is 0 Å². The van der Waals surface area contributed by atoms with Crippen LogP contribution in [-0.4, -0.2) is 68.9 Å². The lowest BCUT2D eigenvalue weighted by Crippen LogP contribution is -2.45. The van der Waals surface area contributed by atoms with Crippen molar-refractivity contribution in [3.63, 3.8) is 0 Å². The molecule has 36 heavy (non-hydrogen) atoms. The number of ether oxygens (including phenoxy) is 1. The van der Waals surface area contributed by atoms with Gasteiger partial charge in [-0.2, -0.15) is 19.0 Å². The first-order chi connectivity index (χ1) is 16.5. The molecule has 1 aliphatic rings. The minimum absolute atomic E-state index is 0.0497. The van der Waals surface area contributed by atoms with Crippen LogP contribution in [0.5, 0.6) is 0 Å². The van der Waals surface area contributed by atoms with Gasteiger partial charge in [-0.15, -0.1) is 0 Å². The molecule has 0 radical (unpaired) electrons. The summed E-state index contributed by atoms with van der Waals surface area (Å²) in [7, 11) is -17.4. The number of hydrogen-bond acceptors (Lipinski definition) is 14. The lowest BCUT2D eigenvalue weighted by atomic mass is 9.91. The maximum atomic E-state index is 12.1. The SMILES string of the molecule is N#C[C@@]1(c2ccc3c(N)ncnn23)OC(COP(=O)(O)OP(=O)(O)OP(=O)(O)O)(N=[N+]=[N-])[C@@H](O)[C@H]1O. The topological polar surface area (TPSA) is 338 Å². The first kappa shape index (κ1) is 28.1. The molecule has 0 aliphatic carbocycles. The van der Waals surface area contributed by atoms with E-state index in [4.69, 9.17) is 25.8 Å². The summed E-state index contributed by atoms with van der Waals surface area (Å²) in [5, 5.41) is 38.3. The molecule has 2 aromatic rings. The van der Waals surface area contributed by atoms with Gasteiger partial charge in [0.2, 0.25) is 11.3 Å². The number of aliphatic hydroxyl groups is 2. The van der Waals surface area contributed by atoms with Gasteiger partial charge in [0.25, 0.3) is 0 Å². The fraction of sp³-hybridized carbons (Fsp3) is 0.417. The van der Waals surface area contributed by atoms with Gasteiger partial charge in [-0.25, -0.2) is 23.2 Å². The summed E-state index contributed by atoms with van der Waals surface area (Å²) in [5.74, 6) is -0.0497. The number of fused-ring (bicyclic) bond motifs is 1. The largest absolute Gasteiger partial charge is 0.490 e. The molecule has 0 spiro atoms. The van der Waals surface area contributed by atoms with Crippen molar-refractivity contribution in [2.45, 2.75) is 23.5 Å². The van der Waals surface area contributed by atoms with E-state index >= 15 is 0 Å². The van der Waals surface area contributed by atoms with Crippen LogP contribution in [0.4, 0.5) is 5.82 Å². The van der Waals surface area contributed by atoms with Crippen molar-refractivity contribution in [1.29, 1.82) is 5.26 Å². The molecule has 3 unspecified atom stereocenters. The summed E-state index contributed by atoms with van der Waals surface area (Å²) < 4.78 is 52.3. The monoisotopic (exact) mass is 572 g/mol. The number of nitriles is 1. The van der Waals surface area contributed by atoms with Crippen LogP contribution >= 0.6 is 23.5 Å². The van der Waals surface area contributed by atoms with E-state index in [0.29, 0.717) is 0 Å². The Bertz CT molecular complexity index is 1420. The van der Waals surface area contributed by atoms with Crippen LogP contribution in [0.2, 0.25) is 0 Å². The second kappa shape index (κ2) is 9.43. The smallest absolute Gasteiger partial charge is 0.387 e. The highest BCUT2D eigenvalue weighted by Crippen LogP contribution is 2.66. The molecule has 0 amide bonds. The quantitative estimate of drug-likeness (QED) is 0.0830. The first-order valence-corrected chi connectivity index (χ1v) is 13.4. The summed E-state index contributed by atoms with van der Waals surface area (Å²) in [4.78, 5) is 42.2. The van der Waals surface area contributed by atoms with E-state index in [0.717, 1.165) is 10.8 Å². The van der Waals surface area contributed by atoms with E-state index in [1.165, 1.54) is 12.1 Å². The Labute approximate surface area is 198 Å². The molecule has 6 atom stereocenters. The van der Waals surface area contributed by atoms with Gasteiger partial charge in [0.1, 0.15) is 30.1 Å². The maximum absolute atomic E-state index is 12.1. The van der Waals surface area contributed by atoms with Crippen molar-refractivity contribution in [3.8, 4) is 6.07 Å². The maximum Gasteiger partial charge on any atom is 0.490 e. The Morgan fingerprint density at radius 1 is 1.22 bits per heavy atom. The zero-order chi connectivity index (χ0) is 27.2. The number of nitrogens with zero attached hydrogens (tertiary/aromatic N) is 7. The average Bonchev–Trinajstić information content (AvgIpc) is 3.26. The van der Waals surface area contributed by atoms with Crippen LogP contribution in [0.3, 0.4) is 0 Å². The first-order valence-electron chi connectivity index (χ1n) is 8.92. The third kappa shape index (κ3) is 5.28. The number of hydrogen-bond donors (Lipinski definition) is 7.